The minimum atomic E-state index is -0.414. The van der Waals surface area contributed by atoms with Crippen LogP contribution in [0.3, 0.4) is 0 Å². The average molecular weight is 251 g/mol. The van der Waals surface area contributed by atoms with Crippen LogP contribution in [0.2, 0.25) is 0 Å². The fourth-order valence-corrected chi connectivity index (χ4v) is 2.26. The number of nitrogens with one attached hydrogen (secondary N) is 1. The normalized spacial score (nSPS) is 20.2. The molecule has 0 radical (unpaired) electrons. The third kappa shape index (κ3) is 1.86. The van der Waals surface area contributed by atoms with E-state index in [9.17, 15) is 9.59 Å². The van der Waals surface area contributed by atoms with Gasteiger partial charge < -0.3 is 10.6 Å². The third-order valence-electron chi connectivity index (χ3n) is 3.21. The number of hydrogen-bond donors (Lipinski definition) is 2. The van der Waals surface area contributed by atoms with Gasteiger partial charge >= 0.3 is 0 Å². The van der Waals surface area contributed by atoms with E-state index in [1.165, 1.54) is 0 Å². The Hall–Kier alpha value is -1.89. The Morgan fingerprint density at radius 3 is 2.78 bits per heavy atom. The van der Waals surface area contributed by atoms with Gasteiger partial charge in [-0.15, -0.1) is 0 Å². The van der Waals surface area contributed by atoms with Gasteiger partial charge in [-0.2, -0.15) is 5.10 Å². The number of aryl methyl sites for hydroxylation is 2. The monoisotopic (exact) mass is 251 g/mol. The molecule has 2 amide bonds. The van der Waals surface area contributed by atoms with Crippen LogP contribution in [0.25, 0.3) is 0 Å². The number of nitrogens with zero attached hydrogens (tertiary/aromatic N) is 3. The maximum absolute atomic E-state index is 11.7. The van der Waals surface area contributed by atoms with Crippen LogP contribution in [0.15, 0.2) is 0 Å². The van der Waals surface area contributed by atoms with E-state index in [1.54, 1.807) is 23.6 Å². The summed E-state index contributed by atoms with van der Waals surface area (Å²) in [5, 5.41) is 6.61. The van der Waals surface area contributed by atoms with Gasteiger partial charge in [0.25, 0.3) is 0 Å². The van der Waals surface area contributed by atoms with Crippen molar-refractivity contribution in [3.63, 3.8) is 0 Å². The topological polar surface area (TPSA) is 93.2 Å². The molecule has 0 aliphatic carbocycles. The molecule has 1 saturated heterocycles. The molecule has 0 aromatic carbocycles. The highest BCUT2D eigenvalue weighted by Crippen LogP contribution is 2.25. The summed E-state index contributed by atoms with van der Waals surface area (Å²) in [5.74, 6) is 0.138. The number of amides is 2. The summed E-state index contributed by atoms with van der Waals surface area (Å²) in [5.41, 5.74) is 7.41. The van der Waals surface area contributed by atoms with Crippen molar-refractivity contribution in [3.8, 4) is 0 Å². The molecule has 1 fully saturated rings. The minimum absolute atomic E-state index is 0.138. The maximum atomic E-state index is 11.7. The molecule has 2 rings (SSSR count). The van der Waals surface area contributed by atoms with Crippen LogP contribution < -0.4 is 16.0 Å². The predicted molar refractivity (Wildman–Crippen MR) is 65.8 cm³/mol. The number of aromatic nitrogens is 2. The summed E-state index contributed by atoms with van der Waals surface area (Å²) in [6.07, 6.45) is 0. The molecule has 1 atom stereocenters. The van der Waals surface area contributed by atoms with Gasteiger partial charge in [-0.25, -0.2) is 0 Å². The first-order valence-corrected chi connectivity index (χ1v) is 5.78. The highest BCUT2D eigenvalue weighted by atomic mass is 16.2. The molecule has 2 heterocycles. The Kier molecular flexibility index (Phi) is 3.08. The Morgan fingerprint density at radius 1 is 1.50 bits per heavy atom. The number of nitrogens with two attached hydrogens (primary N) is 1. The lowest BCUT2D eigenvalue weighted by Gasteiger charge is -2.33. The predicted octanol–water partition coefficient (Wildman–Crippen LogP) is -0.961. The lowest BCUT2D eigenvalue weighted by molar-refractivity contribution is -0.132. The van der Waals surface area contributed by atoms with E-state index < -0.39 is 6.04 Å². The summed E-state index contributed by atoms with van der Waals surface area (Å²) in [7, 11) is 1.78. The van der Waals surface area contributed by atoms with Crippen molar-refractivity contribution < 1.29 is 9.59 Å². The van der Waals surface area contributed by atoms with Crippen molar-refractivity contribution in [1.82, 2.24) is 15.1 Å². The molecule has 0 saturated carbocycles. The van der Waals surface area contributed by atoms with E-state index in [1.807, 2.05) is 6.92 Å². The molecule has 7 nitrogen and oxygen atoms in total. The van der Waals surface area contributed by atoms with E-state index in [2.05, 4.69) is 10.4 Å². The van der Waals surface area contributed by atoms with Crippen LogP contribution in [0.1, 0.15) is 18.2 Å². The molecule has 1 unspecified atom stereocenters. The number of hydrogen-bond acceptors (Lipinski definition) is 5. The van der Waals surface area contributed by atoms with Gasteiger partial charge in [0.05, 0.1) is 12.2 Å². The fraction of sp³-hybridized carbons (Fsp3) is 0.545. The SMILES string of the molecule is Cc1nn(C)c(N2CC(=O)NC(=O)C2C)c1CN. The van der Waals surface area contributed by atoms with Crippen molar-refractivity contribution in [2.75, 3.05) is 11.4 Å². The molecule has 98 valence electrons. The Morgan fingerprint density at radius 2 is 2.17 bits per heavy atom. The third-order valence-corrected chi connectivity index (χ3v) is 3.21. The first-order valence-electron chi connectivity index (χ1n) is 5.78. The Bertz CT molecular complexity index is 508. The quantitative estimate of drug-likeness (QED) is 0.660. The number of piperazine rings is 1. The molecule has 0 spiro atoms. The maximum Gasteiger partial charge on any atom is 0.249 e. The van der Waals surface area contributed by atoms with Gasteiger partial charge in [0, 0.05) is 19.2 Å². The van der Waals surface area contributed by atoms with Gasteiger partial charge in [-0.3, -0.25) is 19.6 Å². The van der Waals surface area contributed by atoms with Gasteiger partial charge in [-0.05, 0) is 13.8 Å². The van der Waals surface area contributed by atoms with Crippen molar-refractivity contribution in [3.05, 3.63) is 11.3 Å². The standard InChI is InChI=1S/C11H17N5O2/c1-6-8(4-12)11(15(3)14-6)16-5-9(17)13-10(18)7(16)2/h7H,4-5,12H2,1-3H3,(H,13,17,18). The van der Waals surface area contributed by atoms with E-state index in [0.29, 0.717) is 6.54 Å². The zero-order valence-electron chi connectivity index (χ0n) is 10.7. The summed E-state index contributed by atoms with van der Waals surface area (Å²) in [4.78, 5) is 24.9. The summed E-state index contributed by atoms with van der Waals surface area (Å²) >= 11 is 0. The van der Waals surface area contributed by atoms with Crippen molar-refractivity contribution >= 4 is 17.6 Å². The molecular formula is C11H17N5O2. The van der Waals surface area contributed by atoms with Crippen molar-refractivity contribution in [2.45, 2.75) is 26.4 Å². The smallest absolute Gasteiger partial charge is 0.249 e. The molecule has 1 aromatic rings. The van der Waals surface area contributed by atoms with Crippen LogP contribution in [0, 0.1) is 6.92 Å². The first-order chi connectivity index (χ1) is 8.45. The highest BCUT2D eigenvalue weighted by Gasteiger charge is 2.33. The number of rotatable bonds is 2. The highest BCUT2D eigenvalue weighted by molar-refractivity contribution is 6.04. The number of carbonyl (C=O) groups excluding carboxylic acids is 2. The molecule has 3 N–H and O–H groups in total. The molecule has 1 aliphatic rings. The van der Waals surface area contributed by atoms with Crippen LogP contribution in [-0.4, -0.2) is 34.2 Å². The molecular weight excluding hydrogens is 234 g/mol. The van der Waals surface area contributed by atoms with Crippen LogP contribution in [-0.2, 0) is 23.2 Å². The minimum Gasteiger partial charge on any atom is -0.335 e. The summed E-state index contributed by atoms with van der Waals surface area (Å²) in [6.45, 7) is 4.08. The molecule has 18 heavy (non-hydrogen) atoms. The molecule has 0 bridgehead atoms. The van der Waals surface area contributed by atoms with Crippen molar-refractivity contribution in [2.24, 2.45) is 12.8 Å². The summed E-state index contributed by atoms with van der Waals surface area (Å²) < 4.78 is 1.67. The van der Waals surface area contributed by atoms with Crippen LogP contribution >= 0.6 is 0 Å². The molecule has 1 aliphatic heterocycles. The summed E-state index contributed by atoms with van der Waals surface area (Å²) in [6, 6.07) is -0.414. The van der Waals surface area contributed by atoms with Crippen LogP contribution in [0.5, 0.6) is 0 Å². The molecule has 1 aromatic heterocycles. The zero-order chi connectivity index (χ0) is 13.4. The lowest BCUT2D eigenvalue weighted by Crippen LogP contribution is -2.57. The zero-order valence-corrected chi connectivity index (χ0v) is 10.7. The van der Waals surface area contributed by atoms with Crippen molar-refractivity contribution in [1.29, 1.82) is 0 Å². The molecule has 7 heteroatoms. The van der Waals surface area contributed by atoms with E-state index in [4.69, 9.17) is 5.73 Å². The second kappa shape index (κ2) is 4.41. The fourth-order valence-electron chi connectivity index (χ4n) is 2.26. The van der Waals surface area contributed by atoms with Gasteiger partial charge in [0.2, 0.25) is 11.8 Å². The lowest BCUT2D eigenvalue weighted by atomic mass is 10.1. The second-order valence-corrected chi connectivity index (χ2v) is 4.43. The van der Waals surface area contributed by atoms with E-state index >= 15 is 0 Å². The van der Waals surface area contributed by atoms with E-state index in [-0.39, 0.29) is 18.4 Å². The van der Waals surface area contributed by atoms with Gasteiger partial charge in [-0.1, -0.05) is 0 Å². The number of carbonyl (C=O) groups is 2. The second-order valence-electron chi connectivity index (χ2n) is 4.43. The van der Waals surface area contributed by atoms with Crippen LogP contribution in [0.4, 0.5) is 5.82 Å². The number of imide groups is 1. The van der Waals surface area contributed by atoms with Gasteiger partial charge in [0.15, 0.2) is 0 Å². The Balaban J connectivity index is 2.47. The average Bonchev–Trinajstić information content (AvgIpc) is 2.58. The van der Waals surface area contributed by atoms with Gasteiger partial charge in [0.1, 0.15) is 11.9 Å². The first kappa shape index (κ1) is 12.6. The van der Waals surface area contributed by atoms with E-state index in [0.717, 1.165) is 17.1 Å². The Labute approximate surface area is 105 Å². The number of anilines is 1. The largest absolute Gasteiger partial charge is 0.335 e.